The zero-order valence-electron chi connectivity index (χ0n) is 13.5. The number of thiophene rings is 1. The van der Waals surface area contributed by atoms with Gasteiger partial charge in [0, 0.05) is 23.9 Å². The molecule has 5 heteroatoms. The van der Waals surface area contributed by atoms with Crippen LogP contribution < -0.4 is 0 Å². The van der Waals surface area contributed by atoms with Crippen LogP contribution in [0.3, 0.4) is 0 Å². The van der Waals surface area contributed by atoms with Gasteiger partial charge in [-0.3, -0.25) is 9.97 Å². The Labute approximate surface area is 139 Å². The third kappa shape index (κ3) is 3.75. The average molecular weight is 328 g/mol. The fraction of sp³-hybridized carbons (Fsp3) is 0.333. The van der Waals surface area contributed by atoms with Crippen LogP contribution in [-0.2, 0) is 4.74 Å². The van der Waals surface area contributed by atoms with Crippen LogP contribution in [0.4, 0.5) is 0 Å². The Morgan fingerprint density at radius 2 is 2.00 bits per heavy atom. The van der Waals surface area contributed by atoms with Crippen molar-refractivity contribution in [1.29, 1.82) is 0 Å². The largest absolute Gasteiger partial charge is 0.366 e. The van der Waals surface area contributed by atoms with Gasteiger partial charge in [0.15, 0.2) is 5.79 Å². The first-order valence-corrected chi connectivity index (χ1v) is 8.47. The smallest absolute Gasteiger partial charge is 0.159 e. The number of rotatable bonds is 5. The minimum Gasteiger partial charge on any atom is -0.366 e. The zero-order valence-corrected chi connectivity index (χ0v) is 14.3. The summed E-state index contributed by atoms with van der Waals surface area (Å²) in [6.07, 6.45) is 3.64. The van der Waals surface area contributed by atoms with Gasteiger partial charge in [-0.05, 0) is 49.1 Å². The summed E-state index contributed by atoms with van der Waals surface area (Å²) in [7, 11) is 0. The molecule has 0 spiro atoms. The van der Waals surface area contributed by atoms with E-state index in [1.54, 1.807) is 25.2 Å². The molecule has 1 N–H and O–H groups in total. The van der Waals surface area contributed by atoms with Gasteiger partial charge in [0.1, 0.15) is 0 Å². The number of hydrogen-bond acceptors (Lipinski definition) is 5. The van der Waals surface area contributed by atoms with Gasteiger partial charge in [-0.25, -0.2) is 0 Å². The molecule has 0 aliphatic carbocycles. The molecule has 3 rings (SSSR count). The van der Waals surface area contributed by atoms with E-state index in [2.05, 4.69) is 23.0 Å². The lowest BCUT2D eigenvalue weighted by Crippen LogP contribution is -2.25. The highest BCUT2D eigenvalue weighted by Crippen LogP contribution is 2.31. The van der Waals surface area contributed by atoms with E-state index >= 15 is 0 Å². The van der Waals surface area contributed by atoms with E-state index < -0.39 is 5.79 Å². The third-order valence-electron chi connectivity index (χ3n) is 3.66. The van der Waals surface area contributed by atoms with Crippen molar-refractivity contribution >= 4 is 21.6 Å². The van der Waals surface area contributed by atoms with E-state index in [-0.39, 0.29) is 5.92 Å². The summed E-state index contributed by atoms with van der Waals surface area (Å²) in [5.41, 5.74) is 4.17. The van der Waals surface area contributed by atoms with Crippen LogP contribution >= 0.6 is 11.3 Å². The Bertz CT molecular complexity index is 808. The van der Waals surface area contributed by atoms with Gasteiger partial charge in [0.05, 0.1) is 22.5 Å². The van der Waals surface area contributed by atoms with Gasteiger partial charge in [-0.1, -0.05) is 6.92 Å². The molecule has 0 fully saturated rings. The van der Waals surface area contributed by atoms with Crippen LogP contribution in [0.1, 0.15) is 32.3 Å². The summed E-state index contributed by atoms with van der Waals surface area (Å²) in [5.74, 6) is -0.943. The van der Waals surface area contributed by atoms with Gasteiger partial charge < -0.3 is 9.84 Å². The molecule has 0 saturated carbocycles. The SMILES string of the molecule is CC(COC(C)(C)O)c1ccnc(-c2ccnc3ccsc23)c1. The van der Waals surface area contributed by atoms with Gasteiger partial charge >= 0.3 is 0 Å². The zero-order chi connectivity index (χ0) is 16.4. The molecule has 0 bridgehead atoms. The first-order valence-electron chi connectivity index (χ1n) is 7.59. The van der Waals surface area contributed by atoms with Crippen LogP contribution in [0.15, 0.2) is 42.0 Å². The van der Waals surface area contributed by atoms with Gasteiger partial charge in [0.2, 0.25) is 0 Å². The number of ether oxygens (including phenoxy) is 1. The second-order valence-electron chi connectivity index (χ2n) is 6.13. The molecule has 120 valence electrons. The van der Waals surface area contributed by atoms with E-state index in [9.17, 15) is 5.11 Å². The number of hydrogen-bond donors (Lipinski definition) is 1. The average Bonchev–Trinajstić information content (AvgIpc) is 3.00. The summed E-state index contributed by atoms with van der Waals surface area (Å²) < 4.78 is 6.63. The van der Waals surface area contributed by atoms with Crippen molar-refractivity contribution in [2.45, 2.75) is 32.5 Å². The summed E-state index contributed by atoms with van der Waals surface area (Å²) in [6.45, 7) is 5.82. The summed E-state index contributed by atoms with van der Waals surface area (Å²) in [4.78, 5) is 8.90. The highest BCUT2D eigenvalue weighted by Gasteiger charge is 2.16. The Morgan fingerprint density at radius 1 is 1.22 bits per heavy atom. The van der Waals surface area contributed by atoms with Gasteiger partial charge in [-0.2, -0.15) is 0 Å². The number of pyridine rings is 2. The molecule has 0 saturated heterocycles. The first-order chi connectivity index (χ1) is 10.9. The van der Waals surface area contributed by atoms with E-state index in [0.717, 1.165) is 27.0 Å². The van der Waals surface area contributed by atoms with E-state index in [4.69, 9.17) is 4.74 Å². The highest BCUT2D eigenvalue weighted by molar-refractivity contribution is 7.17. The van der Waals surface area contributed by atoms with Crippen LogP contribution in [-0.4, -0.2) is 27.5 Å². The number of nitrogens with zero attached hydrogens (tertiary/aromatic N) is 2. The van der Waals surface area contributed by atoms with Crippen molar-refractivity contribution in [3.05, 3.63) is 47.6 Å². The highest BCUT2D eigenvalue weighted by atomic mass is 32.1. The first kappa shape index (κ1) is 16.1. The number of fused-ring (bicyclic) bond motifs is 1. The van der Waals surface area contributed by atoms with Crippen molar-refractivity contribution in [3.63, 3.8) is 0 Å². The molecule has 0 aliphatic rings. The molecule has 3 aromatic heterocycles. The number of aromatic nitrogens is 2. The summed E-state index contributed by atoms with van der Waals surface area (Å²) >= 11 is 1.68. The molecule has 1 atom stereocenters. The van der Waals surface area contributed by atoms with Crippen molar-refractivity contribution in [3.8, 4) is 11.3 Å². The van der Waals surface area contributed by atoms with Crippen LogP contribution in [0.2, 0.25) is 0 Å². The van der Waals surface area contributed by atoms with Crippen LogP contribution in [0.25, 0.3) is 21.5 Å². The molecular weight excluding hydrogens is 308 g/mol. The molecule has 23 heavy (non-hydrogen) atoms. The third-order valence-corrected chi connectivity index (χ3v) is 4.60. The lowest BCUT2D eigenvalue weighted by molar-refractivity contribution is -0.178. The molecule has 1 unspecified atom stereocenters. The molecule has 4 nitrogen and oxygen atoms in total. The monoisotopic (exact) mass is 328 g/mol. The Morgan fingerprint density at radius 3 is 2.78 bits per heavy atom. The summed E-state index contributed by atoms with van der Waals surface area (Å²) in [5, 5.41) is 11.7. The maximum Gasteiger partial charge on any atom is 0.159 e. The van der Waals surface area contributed by atoms with E-state index in [0.29, 0.717) is 6.61 Å². The standard InChI is InChI=1S/C18H20N2O2S/c1-12(11-22-18(2,3)21)13-4-7-20-16(10-13)14-5-8-19-15-6-9-23-17(14)15/h4-10,12,21H,11H2,1-3H3. The molecule has 3 aromatic rings. The Balaban J connectivity index is 1.89. The fourth-order valence-electron chi connectivity index (χ4n) is 2.40. The molecule has 0 radical (unpaired) electrons. The maximum atomic E-state index is 9.70. The van der Waals surface area contributed by atoms with Gasteiger partial charge in [-0.15, -0.1) is 11.3 Å². The predicted octanol–water partition coefficient (Wildman–Crippen LogP) is 4.21. The topological polar surface area (TPSA) is 55.2 Å². The predicted molar refractivity (Wildman–Crippen MR) is 93.5 cm³/mol. The molecule has 0 aliphatic heterocycles. The van der Waals surface area contributed by atoms with E-state index in [1.807, 2.05) is 36.0 Å². The van der Waals surface area contributed by atoms with Crippen LogP contribution in [0.5, 0.6) is 0 Å². The second-order valence-corrected chi connectivity index (χ2v) is 7.04. The molecule has 0 amide bonds. The minimum atomic E-state index is -1.11. The van der Waals surface area contributed by atoms with Crippen LogP contribution in [0, 0.1) is 0 Å². The quantitative estimate of drug-likeness (QED) is 0.713. The van der Waals surface area contributed by atoms with Gasteiger partial charge in [0.25, 0.3) is 0 Å². The number of aliphatic hydroxyl groups is 1. The molecular formula is C18H20N2O2S. The Hall–Kier alpha value is -1.82. The lowest BCUT2D eigenvalue weighted by Gasteiger charge is -2.21. The van der Waals surface area contributed by atoms with Crippen molar-refractivity contribution in [2.24, 2.45) is 0 Å². The molecule has 0 aromatic carbocycles. The van der Waals surface area contributed by atoms with Crippen molar-refractivity contribution in [2.75, 3.05) is 6.61 Å². The minimum absolute atomic E-state index is 0.170. The van der Waals surface area contributed by atoms with E-state index in [1.165, 1.54) is 0 Å². The van der Waals surface area contributed by atoms with Crippen molar-refractivity contribution in [1.82, 2.24) is 9.97 Å². The Kier molecular flexibility index (Phi) is 4.43. The fourth-order valence-corrected chi connectivity index (χ4v) is 3.28. The maximum absolute atomic E-state index is 9.70. The summed E-state index contributed by atoms with van der Waals surface area (Å²) in [6, 6.07) is 8.11. The normalized spacial score (nSPS) is 13.4. The molecule has 3 heterocycles. The van der Waals surface area contributed by atoms with Crippen molar-refractivity contribution < 1.29 is 9.84 Å². The lowest BCUT2D eigenvalue weighted by atomic mass is 10.0. The second kappa shape index (κ2) is 6.35.